The van der Waals surface area contributed by atoms with Crippen molar-refractivity contribution in [2.45, 2.75) is 26.7 Å². The number of aryl methyl sites for hydroxylation is 1. The Balaban J connectivity index is 2.28. The van der Waals surface area contributed by atoms with Gasteiger partial charge in [0.1, 0.15) is 5.78 Å². The van der Waals surface area contributed by atoms with Gasteiger partial charge in [-0.05, 0) is 13.8 Å². The molecule has 1 N–H and O–H groups in total. The molecule has 5 nitrogen and oxygen atoms in total. The molecule has 2 heterocycles. The summed E-state index contributed by atoms with van der Waals surface area (Å²) in [5.41, 5.74) is 1.30. The lowest BCUT2D eigenvalue weighted by molar-refractivity contribution is -0.119. The number of ketones is 1. The molecule has 1 saturated heterocycles. The number of nitrogens with zero attached hydrogens (tertiary/aromatic N) is 2. The van der Waals surface area contributed by atoms with Crippen LogP contribution in [0.15, 0.2) is 4.79 Å². The average molecular weight is 221 g/mol. The zero-order valence-electron chi connectivity index (χ0n) is 9.54. The highest BCUT2D eigenvalue weighted by atomic mass is 16.1. The van der Waals surface area contributed by atoms with Gasteiger partial charge in [0.25, 0.3) is 5.56 Å². The molecule has 0 unspecified atom stereocenters. The van der Waals surface area contributed by atoms with E-state index in [4.69, 9.17) is 0 Å². The molecule has 0 aromatic carbocycles. The van der Waals surface area contributed by atoms with Crippen LogP contribution in [0.5, 0.6) is 0 Å². The van der Waals surface area contributed by atoms with E-state index >= 15 is 0 Å². The summed E-state index contributed by atoms with van der Waals surface area (Å²) in [6.45, 7) is 4.86. The fourth-order valence-electron chi connectivity index (χ4n) is 1.75. The zero-order valence-corrected chi connectivity index (χ0v) is 9.54. The Labute approximate surface area is 93.5 Å². The van der Waals surface area contributed by atoms with Crippen LogP contribution in [0.4, 0.5) is 5.95 Å². The second-order valence-corrected chi connectivity index (χ2v) is 4.13. The molecular formula is C11H15N3O2. The van der Waals surface area contributed by atoms with Gasteiger partial charge in [-0.3, -0.25) is 14.6 Å². The number of piperidine rings is 1. The molecule has 5 heteroatoms. The molecule has 1 aromatic rings. The molecule has 1 aliphatic heterocycles. The Morgan fingerprint density at radius 3 is 2.38 bits per heavy atom. The van der Waals surface area contributed by atoms with Gasteiger partial charge in [-0.25, -0.2) is 4.98 Å². The van der Waals surface area contributed by atoms with Crippen molar-refractivity contribution in [1.82, 2.24) is 9.97 Å². The van der Waals surface area contributed by atoms with Gasteiger partial charge in [-0.15, -0.1) is 0 Å². The summed E-state index contributed by atoms with van der Waals surface area (Å²) in [5.74, 6) is 0.864. The molecule has 1 aliphatic rings. The largest absolute Gasteiger partial charge is 0.341 e. The minimum atomic E-state index is -0.0978. The molecule has 86 valence electrons. The molecule has 1 fully saturated rings. The predicted molar refractivity (Wildman–Crippen MR) is 60.8 cm³/mol. The molecule has 0 bridgehead atoms. The van der Waals surface area contributed by atoms with Crippen molar-refractivity contribution in [1.29, 1.82) is 0 Å². The molecule has 0 spiro atoms. The van der Waals surface area contributed by atoms with E-state index in [9.17, 15) is 9.59 Å². The van der Waals surface area contributed by atoms with Crippen LogP contribution in [0, 0.1) is 13.8 Å². The van der Waals surface area contributed by atoms with Crippen molar-refractivity contribution < 1.29 is 4.79 Å². The van der Waals surface area contributed by atoms with E-state index in [2.05, 4.69) is 9.97 Å². The number of aromatic amines is 1. The number of anilines is 1. The van der Waals surface area contributed by atoms with E-state index < -0.39 is 0 Å². The standard InChI is InChI=1S/C11H15N3O2/c1-7-8(2)12-11(13-10(7)16)14-5-3-9(15)4-6-14/h3-6H2,1-2H3,(H,12,13,16). The first-order chi connectivity index (χ1) is 7.58. The van der Waals surface area contributed by atoms with Gasteiger partial charge in [0.05, 0.1) is 0 Å². The van der Waals surface area contributed by atoms with E-state index in [1.807, 2.05) is 11.8 Å². The van der Waals surface area contributed by atoms with E-state index in [0.29, 0.717) is 37.4 Å². The van der Waals surface area contributed by atoms with Crippen molar-refractivity contribution in [2.75, 3.05) is 18.0 Å². The van der Waals surface area contributed by atoms with Crippen molar-refractivity contribution in [3.05, 3.63) is 21.6 Å². The van der Waals surface area contributed by atoms with Crippen molar-refractivity contribution in [3.8, 4) is 0 Å². The summed E-state index contributed by atoms with van der Waals surface area (Å²) in [4.78, 5) is 31.7. The van der Waals surface area contributed by atoms with E-state index in [-0.39, 0.29) is 11.3 Å². The second-order valence-electron chi connectivity index (χ2n) is 4.13. The SMILES string of the molecule is Cc1nc(N2CCC(=O)CC2)[nH]c(=O)c1C. The van der Waals surface area contributed by atoms with Crippen LogP contribution in [-0.4, -0.2) is 28.8 Å². The van der Waals surface area contributed by atoms with Crippen LogP contribution in [0.25, 0.3) is 0 Å². The number of carbonyl (C=O) groups is 1. The third-order valence-corrected chi connectivity index (χ3v) is 3.00. The van der Waals surface area contributed by atoms with Crippen molar-refractivity contribution >= 4 is 11.7 Å². The summed E-state index contributed by atoms with van der Waals surface area (Å²) in [7, 11) is 0. The summed E-state index contributed by atoms with van der Waals surface area (Å²) < 4.78 is 0. The summed E-state index contributed by atoms with van der Waals surface area (Å²) in [6, 6.07) is 0. The van der Waals surface area contributed by atoms with E-state index in [1.165, 1.54) is 0 Å². The maximum atomic E-state index is 11.6. The van der Waals surface area contributed by atoms with E-state index in [0.717, 1.165) is 5.69 Å². The Kier molecular flexibility index (Phi) is 2.77. The number of Topliss-reactive ketones (excluding diaryl/α,β-unsaturated/α-hetero) is 1. The average Bonchev–Trinajstić information content (AvgIpc) is 2.26. The second kappa shape index (κ2) is 4.08. The topological polar surface area (TPSA) is 66.1 Å². The summed E-state index contributed by atoms with van der Waals surface area (Å²) in [5, 5.41) is 0. The maximum absolute atomic E-state index is 11.6. The maximum Gasteiger partial charge on any atom is 0.255 e. The highest BCUT2D eigenvalue weighted by molar-refractivity contribution is 5.80. The Morgan fingerprint density at radius 1 is 1.19 bits per heavy atom. The molecule has 1 aromatic heterocycles. The highest BCUT2D eigenvalue weighted by Gasteiger charge is 2.18. The number of H-pyrrole nitrogens is 1. The predicted octanol–water partition coefficient (Wildman–Crippen LogP) is 0.556. The van der Waals surface area contributed by atoms with Crippen LogP contribution < -0.4 is 10.5 Å². The first-order valence-electron chi connectivity index (χ1n) is 5.42. The summed E-state index contributed by atoms with van der Waals surface area (Å²) in [6.07, 6.45) is 1.08. The number of aromatic nitrogens is 2. The summed E-state index contributed by atoms with van der Waals surface area (Å²) >= 11 is 0. The molecule has 16 heavy (non-hydrogen) atoms. The Bertz CT molecular complexity index is 469. The minimum absolute atomic E-state index is 0.0978. The third kappa shape index (κ3) is 1.98. The Hall–Kier alpha value is -1.65. The van der Waals surface area contributed by atoms with Crippen LogP contribution in [0.2, 0.25) is 0 Å². The lowest BCUT2D eigenvalue weighted by atomic mass is 10.1. The van der Waals surface area contributed by atoms with Gasteiger partial charge >= 0.3 is 0 Å². The normalized spacial score (nSPS) is 16.6. The highest BCUT2D eigenvalue weighted by Crippen LogP contribution is 2.13. The zero-order chi connectivity index (χ0) is 11.7. The number of carbonyl (C=O) groups excluding carboxylic acids is 1. The number of hydrogen-bond acceptors (Lipinski definition) is 4. The fraction of sp³-hybridized carbons (Fsp3) is 0.545. The van der Waals surface area contributed by atoms with Crippen molar-refractivity contribution in [2.24, 2.45) is 0 Å². The monoisotopic (exact) mass is 221 g/mol. The number of hydrogen-bond donors (Lipinski definition) is 1. The molecule has 2 rings (SSSR count). The van der Waals surface area contributed by atoms with E-state index in [1.54, 1.807) is 6.92 Å². The third-order valence-electron chi connectivity index (χ3n) is 3.00. The number of rotatable bonds is 1. The van der Waals surface area contributed by atoms with Gasteiger partial charge in [-0.2, -0.15) is 0 Å². The molecular weight excluding hydrogens is 206 g/mol. The van der Waals surface area contributed by atoms with Gasteiger partial charge in [0.2, 0.25) is 5.95 Å². The van der Waals surface area contributed by atoms with Crippen LogP contribution in [0.3, 0.4) is 0 Å². The lowest BCUT2D eigenvalue weighted by Gasteiger charge is -2.26. The quantitative estimate of drug-likeness (QED) is 0.752. The first-order valence-corrected chi connectivity index (χ1v) is 5.42. The lowest BCUT2D eigenvalue weighted by Crippen LogP contribution is -2.36. The van der Waals surface area contributed by atoms with Gasteiger partial charge in [0.15, 0.2) is 0 Å². The molecule has 0 saturated carbocycles. The number of nitrogens with one attached hydrogen (secondary N) is 1. The smallest absolute Gasteiger partial charge is 0.255 e. The minimum Gasteiger partial charge on any atom is -0.341 e. The van der Waals surface area contributed by atoms with Crippen LogP contribution in [-0.2, 0) is 4.79 Å². The molecule has 0 aliphatic carbocycles. The van der Waals surface area contributed by atoms with Crippen LogP contribution >= 0.6 is 0 Å². The van der Waals surface area contributed by atoms with Crippen molar-refractivity contribution in [3.63, 3.8) is 0 Å². The molecule has 0 radical (unpaired) electrons. The van der Waals surface area contributed by atoms with Gasteiger partial charge in [-0.1, -0.05) is 0 Å². The van der Waals surface area contributed by atoms with Gasteiger partial charge in [0, 0.05) is 37.2 Å². The Morgan fingerprint density at radius 2 is 1.81 bits per heavy atom. The first kappa shape index (κ1) is 10.9. The molecule has 0 atom stereocenters. The molecule has 0 amide bonds. The van der Waals surface area contributed by atoms with Gasteiger partial charge < -0.3 is 4.90 Å². The fourth-order valence-corrected chi connectivity index (χ4v) is 1.75. The van der Waals surface area contributed by atoms with Crippen LogP contribution in [0.1, 0.15) is 24.1 Å².